The molecule has 0 spiro atoms. The second kappa shape index (κ2) is 11.5. The van der Waals surface area contributed by atoms with Gasteiger partial charge in [-0.05, 0) is 57.5 Å². The van der Waals surface area contributed by atoms with Crippen LogP contribution in [0.4, 0.5) is 0 Å². The maximum absolute atomic E-state index is 13.8. The Morgan fingerprint density at radius 3 is 2.41 bits per heavy atom. The molecule has 1 aliphatic rings. The molecule has 1 aliphatic heterocycles. The Kier molecular flexibility index (Phi) is 8.33. The van der Waals surface area contributed by atoms with Gasteiger partial charge in [-0.15, -0.1) is 11.3 Å². The second-order valence-electron chi connectivity index (χ2n) is 11.3. The van der Waals surface area contributed by atoms with E-state index in [1.165, 1.54) is 16.0 Å². The molecule has 5 heteroatoms. The van der Waals surface area contributed by atoms with Gasteiger partial charge in [0.15, 0.2) is 0 Å². The van der Waals surface area contributed by atoms with Crippen LogP contribution in [0.25, 0.3) is 6.08 Å². The number of carbonyl (C=O) groups is 2. The molecule has 1 unspecified atom stereocenters. The summed E-state index contributed by atoms with van der Waals surface area (Å²) in [5.74, 6) is 0.113. The van der Waals surface area contributed by atoms with E-state index in [1.807, 2.05) is 41.3 Å². The Morgan fingerprint density at radius 1 is 1.05 bits per heavy atom. The van der Waals surface area contributed by atoms with E-state index in [-0.39, 0.29) is 35.7 Å². The molecule has 0 fully saturated rings. The molecule has 4 rings (SSSR count). The number of rotatable bonds is 7. The van der Waals surface area contributed by atoms with Crippen molar-refractivity contribution in [1.82, 2.24) is 9.80 Å². The zero-order valence-corrected chi connectivity index (χ0v) is 23.4. The van der Waals surface area contributed by atoms with E-state index >= 15 is 0 Å². The van der Waals surface area contributed by atoms with Crippen molar-refractivity contribution in [2.24, 2.45) is 5.92 Å². The Labute approximate surface area is 225 Å². The van der Waals surface area contributed by atoms with E-state index in [0.29, 0.717) is 13.1 Å². The van der Waals surface area contributed by atoms with Crippen molar-refractivity contribution < 1.29 is 9.59 Å². The quantitative estimate of drug-likeness (QED) is 0.329. The first-order valence-electron chi connectivity index (χ1n) is 13.1. The van der Waals surface area contributed by atoms with Crippen molar-refractivity contribution in [2.45, 2.75) is 52.5 Å². The zero-order valence-electron chi connectivity index (χ0n) is 22.6. The van der Waals surface area contributed by atoms with Gasteiger partial charge in [-0.1, -0.05) is 89.2 Å². The summed E-state index contributed by atoms with van der Waals surface area (Å²) in [5, 5.41) is 2.12. The number of nitrogens with zero attached hydrogens (tertiary/aromatic N) is 2. The molecule has 2 aromatic carbocycles. The number of thiophene rings is 1. The topological polar surface area (TPSA) is 40.6 Å². The van der Waals surface area contributed by atoms with Crippen LogP contribution in [-0.2, 0) is 21.4 Å². The van der Waals surface area contributed by atoms with E-state index in [1.54, 1.807) is 22.3 Å². The van der Waals surface area contributed by atoms with Crippen LogP contribution in [0, 0.1) is 5.92 Å². The number of hydrogen-bond donors (Lipinski definition) is 0. The number of fused-ring (bicyclic) bond motifs is 1. The minimum atomic E-state index is -0.134. The van der Waals surface area contributed by atoms with Gasteiger partial charge in [-0.3, -0.25) is 9.59 Å². The molecule has 4 nitrogen and oxygen atoms in total. The smallest absolute Gasteiger partial charge is 0.247 e. The Hall–Kier alpha value is -3.18. The van der Waals surface area contributed by atoms with Gasteiger partial charge in [0.25, 0.3) is 0 Å². The van der Waals surface area contributed by atoms with Crippen molar-refractivity contribution in [3.8, 4) is 0 Å². The predicted molar refractivity (Wildman–Crippen MR) is 154 cm³/mol. The molecule has 0 aliphatic carbocycles. The highest BCUT2D eigenvalue weighted by atomic mass is 32.1. The summed E-state index contributed by atoms with van der Waals surface area (Å²) in [6, 6.07) is 20.5. The molecule has 0 N–H and O–H groups in total. The summed E-state index contributed by atoms with van der Waals surface area (Å²) in [6.07, 6.45) is 4.25. The molecule has 0 saturated carbocycles. The first-order chi connectivity index (χ1) is 17.6. The van der Waals surface area contributed by atoms with E-state index in [2.05, 4.69) is 70.3 Å². The lowest BCUT2D eigenvalue weighted by Gasteiger charge is -2.38. The minimum absolute atomic E-state index is 0.0103. The van der Waals surface area contributed by atoms with E-state index in [4.69, 9.17) is 0 Å². The van der Waals surface area contributed by atoms with Crippen LogP contribution in [0.2, 0.25) is 0 Å². The van der Waals surface area contributed by atoms with Gasteiger partial charge in [0, 0.05) is 24.0 Å². The van der Waals surface area contributed by atoms with Gasteiger partial charge < -0.3 is 9.80 Å². The van der Waals surface area contributed by atoms with Gasteiger partial charge in [0.1, 0.15) is 6.54 Å². The van der Waals surface area contributed by atoms with Crippen LogP contribution in [0.3, 0.4) is 0 Å². The van der Waals surface area contributed by atoms with Crippen LogP contribution < -0.4 is 0 Å². The highest BCUT2D eigenvalue weighted by Gasteiger charge is 2.34. The van der Waals surface area contributed by atoms with Gasteiger partial charge in [-0.25, -0.2) is 0 Å². The van der Waals surface area contributed by atoms with Crippen LogP contribution in [0.15, 0.2) is 72.1 Å². The highest BCUT2D eigenvalue weighted by molar-refractivity contribution is 7.10. The van der Waals surface area contributed by atoms with Crippen LogP contribution in [0.1, 0.15) is 67.8 Å². The first kappa shape index (κ1) is 26.9. The molecule has 3 aromatic rings. The molecule has 37 heavy (non-hydrogen) atoms. The third-order valence-electron chi connectivity index (χ3n) is 6.82. The normalized spacial score (nSPS) is 15.7. The molecule has 1 aromatic heterocycles. The summed E-state index contributed by atoms with van der Waals surface area (Å²) in [5.41, 5.74) is 4.63. The molecule has 0 bridgehead atoms. The molecule has 2 amide bonds. The summed E-state index contributed by atoms with van der Waals surface area (Å²) in [6.45, 7) is 12.0. The molecular formula is C32H38N2O2S. The average Bonchev–Trinajstić information content (AvgIpc) is 3.35. The fourth-order valence-corrected chi connectivity index (χ4v) is 5.78. The Morgan fingerprint density at radius 2 is 1.76 bits per heavy atom. The SMILES string of the molecule is CC(C)CN(CC(=O)N1CCc2sccc2C1c1ccc(C(C)(C)C)cc1)C(=O)C=Cc1ccccc1. The van der Waals surface area contributed by atoms with E-state index in [0.717, 1.165) is 17.5 Å². The van der Waals surface area contributed by atoms with Crippen molar-refractivity contribution >= 4 is 29.2 Å². The standard InChI is InChI=1S/C32H38N2O2S/c1-23(2)21-33(29(35)16-11-24-9-7-6-8-10-24)22-30(36)34-19-17-28-27(18-20-37-28)31(34)25-12-14-26(15-13-25)32(3,4)5/h6-16,18,20,23,31H,17,19,21-22H2,1-5H3. The van der Waals surface area contributed by atoms with Gasteiger partial charge in [-0.2, -0.15) is 0 Å². The summed E-state index contributed by atoms with van der Waals surface area (Å²) in [4.78, 5) is 32.0. The monoisotopic (exact) mass is 514 g/mol. The summed E-state index contributed by atoms with van der Waals surface area (Å²) >= 11 is 1.77. The van der Waals surface area contributed by atoms with Crippen LogP contribution in [0.5, 0.6) is 0 Å². The fraction of sp³-hybridized carbons (Fsp3) is 0.375. The number of hydrogen-bond acceptors (Lipinski definition) is 3. The summed E-state index contributed by atoms with van der Waals surface area (Å²) in [7, 11) is 0. The molecule has 2 heterocycles. The van der Waals surface area contributed by atoms with Gasteiger partial charge in [0.05, 0.1) is 6.04 Å². The van der Waals surface area contributed by atoms with Gasteiger partial charge >= 0.3 is 0 Å². The average molecular weight is 515 g/mol. The first-order valence-corrected chi connectivity index (χ1v) is 14.0. The highest BCUT2D eigenvalue weighted by Crippen LogP contribution is 2.38. The third kappa shape index (κ3) is 6.58. The molecular weight excluding hydrogens is 476 g/mol. The van der Waals surface area contributed by atoms with Crippen LogP contribution >= 0.6 is 11.3 Å². The fourth-order valence-electron chi connectivity index (χ4n) is 4.87. The lowest BCUT2D eigenvalue weighted by molar-refractivity contribution is -0.140. The lowest BCUT2D eigenvalue weighted by atomic mass is 9.85. The maximum atomic E-state index is 13.8. The van der Waals surface area contributed by atoms with Crippen LogP contribution in [-0.4, -0.2) is 41.2 Å². The molecule has 0 radical (unpaired) electrons. The number of amides is 2. The number of carbonyl (C=O) groups excluding carboxylic acids is 2. The molecule has 0 saturated heterocycles. The lowest BCUT2D eigenvalue weighted by Crippen LogP contribution is -2.47. The van der Waals surface area contributed by atoms with E-state index in [9.17, 15) is 9.59 Å². The molecule has 194 valence electrons. The molecule has 1 atom stereocenters. The van der Waals surface area contributed by atoms with Crippen molar-refractivity contribution in [2.75, 3.05) is 19.6 Å². The van der Waals surface area contributed by atoms with E-state index < -0.39 is 0 Å². The van der Waals surface area contributed by atoms with Crippen molar-refractivity contribution in [3.05, 3.63) is 99.3 Å². The van der Waals surface area contributed by atoms with Gasteiger partial charge in [0.2, 0.25) is 11.8 Å². The Balaban J connectivity index is 1.58. The largest absolute Gasteiger partial charge is 0.330 e. The zero-order chi connectivity index (χ0) is 26.6. The maximum Gasteiger partial charge on any atom is 0.247 e. The predicted octanol–water partition coefficient (Wildman–Crippen LogP) is 6.72. The number of benzene rings is 2. The van der Waals surface area contributed by atoms with Crippen molar-refractivity contribution in [3.63, 3.8) is 0 Å². The second-order valence-corrected chi connectivity index (χ2v) is 12.3. The van der Waals surface area contributed by atoms with Crippen molar-refractivity contribution in [1.29, 1.82) is 0 Å². The third-order valence-corrected chi connectivity index (χ3v) is 7.82. The Bertz CT molecular complexity index is 1240. The summed E-state index contributed by atoms with van der Waals surface area (Å²) < 4.78 is 0. The minimum Gasteiger partial charge on any atom is -0.330 e.